The molecule has 0 atom stereocenters. The molecule has 2 aromatic rings. The van der Waals surface area contributed by atoms with Crippen LogP contribution in [0.2, 0.25) is 0 Å². The van der Waals surface area contributed by atoms with Crippen LogP contribution in [0, 0.1) is 6.92 Å². The molecule has 0 heterocycles. The van der Waals surface area contributed by atoms with Crippen molar-refractivity contribution in [3.63, 3.8) is 0 Å². The fourth-order valence-electron chi connectivity index (χ4n) is 2.24. The summed E-state index contributed by atoms with van der Waals surface area (Å²) in [7, 11) is 0. The van der Waals surface area contributed by atoms with Gasteiger partial charge in [0.2, 0.25) is 11.8 Å². The Morgan fingerprint density at radius 3 is 2.28 bits per heavy atom. The molecule has 0 spiro atoms. The number of anilines is 1. The van der Waals surface area contributed by atoms with E-state index in [1.54, 1.807) is 0 Å². The standard InChI is InChI=1S/C18H17F3N2O2/c1-12-6-2-3-7-13(12)11-22-16(24)10-17(25)23-15-9-5-4-8-14(15)18(19,20)21/h2-9H,10-11H2,1H3,(H,22,24)(H,23,25). The number of aryl methyl sites for hydroxylation is 1. The Hall–Kier alpha value is -2.83. The first-order chi connectivity index (χ1) is 11.8. The minimum absolute atomic E-state index is 0.248. The molecular weight excluding hydrogens is 333 g/mol. The molecule has 0 fully saturated rings. The number of amides is 2. The van der Waals surface area contributed by atoms with Crippen molar-refractivity contribution >= 4 is 17.5 Å². The van der Waals surface area contributed by atoms with Gasteiger partial charge in [-0.25, -0.2) is 0 Å². The van der Waals surface area contributed by atoms with E-state index in [-0.39, 0.29) is 12.2 Å². The molecule has 132 valence electrons. The highest BCUT2D eigenvalue weighted by molar-refractivity contribution is 6.03. The van der Waals surface area contributed by atoms with Gasteiger partial charge in [-0.15, -0.1) is 0 Å². The van der Waals surface area contributed by atoms with Crippen LogP contribution < -0.4 is 10.6 Å². The van der Waals surface area contributed by atoms with Crippen LogP contribution in [0.5, 0.6) is 0 Å². The third-order valence-electron chi connectivity index (χ3n) is 3.56. The van der Waals surface area contributed by atoms with Crippen LogP contribution in [0.15, 0.2) is 48.5 Å². The molecule has 0 aromatic heterocycles. The quantitative estimate of drug-likeness (QED) is 0.809. The summed E-state index contributed by atoms with van der Waals surface area (Å²) in [5, 5.41) is 4.72. The maximum atomic E-state index is 12.9. The van der Waals surface area contributed by atoms with Gasteiger partial charge >= 0.3 is 6.18 Å². The van der Waals surface area contributed by atoms with Gasteiger partial charge in [0.15, 0.2) is 0 Å². The van der Waals surface area contributed by atoms with Crippen LogP contribution >= 0.6 is 0 Å². The first-order valence-electron chi connectivity index (χ1n) is 7.54. The highest BCUT2D eigenvalue weighted by atomic mass is 19.4. The maximum absolute atomic E-state index is 12.9. The van der Waals surface area contributed by atoms with Gasteiger partial charge in [0.1, 0.15) is 6.42 Å². The van der Waals surface area contributed by atoms with Crippen molar-refractivity contribution in [2.45, 2.75) is 26.1 Å². The largest absolute Gasteiger partial charge is 0.418 e. The van der Waals surface area contributed by atoms with Crippen molar-refractivity contribution in [1.82, 2.24) is 5.32 Å². The number of carbonyl (C=O) groups excluding carboxylic acids is 2. The maximum Gasteiger partial charge on any atom is 0.418 e. The molecule has 2 amide bonds. The van der Waals surface area contributed by atoms with Crippen LogP contribution in [0.25, 0.3) is 0 Å². The molecule has 7 heteroatoms. The summed E-state index contributed by atoms with van der Waals surface area (Å²) in [6.45, 7) is 2.14. The third-order valence-corrected chi connectivity index (χ3v) is 3.56. The van der Waals surface area contributed by atoms with E-state index in [0.717, 1.165) is 23.3 Å². The molecule has 0 aliphatic carbocycles. The van der Waals surface area contributed by atoms with Gasteiger partial charge in [0.25, 0.3) is 0 Å². The number of hydrogen-bond acceptors (Lipinski definition) is 2. The number of hydrogen-bond donors (Lipinski definition) is 2. The Balaban J connectivity index is 1.92. The zero-order chi connectivity index (χ0) is 18.4. The SMILES string of the molecule is Cc1ccccc1CNC(=O)CC(=O)Nc1ccccc1C(F)(F)F. The van der Waals surface area contributed by atoms with E-state index in [2.05, 4.69) is 10.6 Å². The first-order valence-corrected chi connectivity index (χ1v) is 7.54. The third kappa shape index (κ3) is 5.34. The Morgan fingerprint density at radius 2 is 1.60 bits per heavy atom. The highest BCUT2D eigenvalue weighted by Crippen LogP contribution is 2.34. The van der Waals surface area contributed by atoms with Gasteiger partial charge in [-0.05, 0) is 30.2 Å². The Morgan fingerprint density at radius 1 is 0.960 bits per heavy atom. The summed E-state index contributed by atoms with van der Waals surface area (Å²) in [4.78, 5) is 23.7. The average Bonchev–Trinajstić information content (AvgIpc) is 2.53. The molecule has 0 aliphatic rings. The molecule has 0 radical (unpaired) electrons. The molecule has 2 aromatic carbocycles. The van der Waals surface area contributed by atoms with Gasteiger partial charge in [0, 0.05) is 6.54 Å². The number of rotatable bonds is 5. The lowest BCUT2D eigenvalue weighted by Crippen LogP contribution is -2.28. The van der Waals surface area contributed by atoms with Crippen molar-refractivity contribution in [2.24, 2.45) is 0 Å². The lowest BCUT2D eigenvalue weighted by atomic mass is 10.1. The smallest absolute Gasteiger partial charge is 0.352 e. The highest BCUT2D eigenvalue weighted by Gasteiger charge is 2.33. The zero-order valence-electron chi connectivity index (χ0n) is 13.5. The second-order valence-corrected chi connectivity index (χ2v) is 5.47. The molecular formula is C18H17F3N2O2. The summed E-state index contributed by atoms with van der Waals surface area (Å²) >= 11 is 0. The van der Waals surface area contributed by atoms with Crippen LogP contribution in [0.3, 0.4) is 0 Å². The van der Waals surface area contributed by atoms with Gasteiger partial charge in [0.05, 0.1) is 11.3 Å². The summed E-state index contributed by atoms with van der Waals surface area (Å²) in [6, 6.07) is 12.1. The van der Waals surface area contributed by atoms with E-state index in [1.165, 1.54) is 12.1 Å². The van der Waals surface area contributed by atoms with Gasteiger partial charge in [-0.1, -0.05) is 36.4 Å². The summed E-state index contributed by atoms with van der Waals surface area (Å²) in [5.41, 5.74) is 0.570. The lowest BCUT2D eigenvalue weighted by Gasteiger charge is -2.13. The fourth-order valence-corrected chi connectivity index (χ4v) is 2.24. The number of benzene rings is 2. The second kappa shape index (κ2) is 7.83. The van der Waals surface area contributed by atoms with Crippen LogP contribution in [0.4, 0.5) is 18.9 Å². The monoisotopic (exact) mass is 350 g/mol. The molecule has 25 heavy (non-hydrogen) atoms. The van der Waals surface area contributed by atoms with Gasteiger partial charge < -0.3 is 10.6 Å². The Bertz CT molecular complexity index is 773. The molecule has 0 unspecified atom stereocenters. The summed E-state index contributed by atoms with van der Waals surface area (Å²) < 4.78 is 38.6. The van der Waals surface area contributed by atoms with E-state index < -0.39 is 30.0 Å². The number of alkyl halides is 3. The van der Waals surface area contributed by atoms with Crippen LogP contribution in [-0.2, 0) is 22.3 Å². The normalized spacial score (nSPS) is 11.0. The summed E-state index contributed by atoms with van der Waals surface area (Å²) in [5.74, 6) is -1.37. The number of carbonyl (C=O) groups is 2. The van der Waals surface area contributed by atoms with E-state index >= 15 is 0 Å². The predicted molar refractivity (Wildman–Crippen MR) is 87.7 cm³/mol. The minimum atomic E-state index is -4.59. The van der Waals surface area contributed by atoms with Crippen molar-refractivity contribution in [3.8, 4) is 0 Å². The van der Waals surface area contributed by atoms with E-state index in [0.29, 0.717) is 0 Å². The Labute approximate surface area is 143 Å². The Kier molecular flexibility index (Phi) is 5.80. The van der Waals surface area contributed by atoms with Crippen molar-refractivity contribution < 1.29 is 22.8 Å². The number of halogens is 3. The second-order valence-electron chi connectivity index (χ2n) is 5.47. The molecule has 0 bridgehead atoms. The van der Waals surface area contributed by atoms with E-state index in [1.807, 2.05) is 31.2 Å². The van der Waals surface area contributed by atoms with Gasteiger partial charge in [-0.3, -0.25) is 9.59 Å². The predicted octanol–water partition coefficient (Wildman–Crippen LogP) is 3.66. The van der Waals surface area contributed by atoms with Crippen molar-refractivity contribution in [1.29, 1.82) is 0 Å². The van der Waals surface area contributed by atoms with Crippen LogP contribution in [0.1, 0.15) is 23.1 Å². The van der Waals surface area contributed by atoms with Crippen LogP contribution in [-0.4, -0.2) is 11.8 Å². The molecule has 0 saturated carbocycles. The van der Waals surface area contributed by atoms with E-state index in [4.69, 9.17) is 0 Å². The first kappa shape index (κ1) is 18.5. The van der Waals surface area contributed by atoms with Crippen molar-refractivity contribution in [2.75, 3.05) is 5.32 Å². The average molecular weight is 350 g/mol. The zero-order valence-corrected chi connectivity index (χ0v) is 13.5. The molecule has 4 nitrogen and oxygen atoms in total. The molecule has 0 aliphatic heterocycles. The van der Waals surface area contributed by atoms with E-state index in [9.17, 15) is 22.8 Å². The lowest BCUT2D eigenvalue weighted by molar-refractivity contribution is -0.137. The topological polar surface area (TPSA) is 58.2 Å². The van der Waals surface area contributed by atoms with Gasteiger partial charge in [-0.2, -0.15) is 13.2 Å². The fraction of sp³-hybridized carbons (Fsp3) is 0.222. The number of nitrogens with one attached hydrogen (secondary N) is 2. The molecule has 2 rings (SSSR count). The summed E-state index contributed by atoms with van der Waals surface area (Å²) in [6.07, 6.45) is -5.14. The van der Waals surface area contributed by atoms with Crippen molar-refractivity contribution in [3.05, 3.63) is 65.2 Å². The molecule has 2 N–H and O–H groups in total. The molecule has 0 saturated heterocycles. The minimum Gasteiger partial charge on any atom is -0.352 e. The number of para-hydroxylation sites is 1.